The third-order valence-corrected chi connectivity index (χ3v) is 2.81. The van der Waals surface area contributed by atoms with Gasteiger partial charge in [-0.3, -0.25) is 4.79 Å². The van der Waals surface area contributed by atoms with Crippen LogP contribution in [0, 0.1) is 11.8 Å². The van der Waals surface area contributed by atoms with E-state index < -0.39 is 0 Å². The minimum Gasteiger partial charge on any atom is -0.466 e. The molecule has 0 saturated heterocycles. The first-order valence-corrected chi connectivity index (χ1v) is 5.26. The van der Waals surface area contributed by atoms with Crippen molar-refractivity contribution in [3.63, 3.8) is 0 Å². The van der Waals surface area contributed by atoms with Crippen LogP contribution in [0.3, 0.4) is 0 Å². The van der Waals surface area contributed by atoms with Crippen molar-refractivity contribution in [1.29, 1.82) is 0 Å². The first-order chi connectivity index (χ1) is 6.25. The van der Waals surface area contributed by atoms with Crippen LogP contribution < -0.4 is 0 Å². The van der Waals surface area contributed by atoms with E-state index in [1.54, 1.807) is 0 Å². The van der Waals surface area contributed by atoms with Gasteiger partial charge >= 0.3 is 5.97 Å². The fourth-order valence-corrected chi connectivity index (χ4v) is 1.95. The zero-order valence-corrected chi connectivity index (χ0v) is 8.64. The molecule has 1 radical (unpaired) electrons. The Morgan fingerprint density at radius 3 is 2.46 bits per heavy atom. The summed E-state index contributed by atoms with van der Waals surface area (Å²) in [7, 11) is 0. The molecule has 0 spiro atoms. The average molecular weight is 183 g/mol. The summed E-state index contributed by atoms with van der Waals surface area (Å²) in [5, 5.41) is 0. The number of ether oxygens (including phenoxy) is 1. The minimum absolute atomic E-state index is 0.0885. The minimum atomic E-state index is -0.0885. The first kappa shape index (κ1) is 10.6. The highest BCUT2D eigenvalue weighted by atomic mass is 16.5. The van der Waals surface area contributed by atoms with Gasteiger partial charge in [0.05, 0.1) is 12.5 Å². The van der Waals surface area contributed by atoms with Crippen molar-refractivity contribution < 1.29 is 9.53 Å². The second-order valence-corrected chi connectivity index (χ2v) is 3.74. The van der Waals surface area contributed by atoms with E-state index >= 15 is 0 Å². The van der Waals surface area contributed by atoms with Gasteiger partial charge < -0.3 is 4.74 Å². The lowest BCUT2D eigenvalue weighted by Gasteiger charge is -2.25. The number of esters is 1. The summed E-state index contributed by atoms with van der Waals surface area (Å²) in [4.78, 5) is 11.4. The Kier molecular flexibility index (Phi) is 4.26. The normalized spacial score (nSPS) is 19.0. The van der Waals surface area contributed by atoms with Gasteiger partial charge in [0.15, 0.2) is 0 Å². The number of hydrogen-bond acceptors (Lipinski definition) is 2. The standard InChI is InChI=1S/C11H19O2/c1-3-13-11(12)9(2)10-7-5-4-6-8-10/h10H,3-8H2,1-2H3. The average Bonchev–Trinajstić information content (AvgIpc) is 2.18. The van der Waals surface area contributed by atoms with Crippen LogP contribution in [0.2, 0.25) is 0 Å². The molecule has 0 unspecified atom stereocenters. The monoisotopic (exact) mass is 183 g/mol. The molecule has 0 aromatic heterocycles. The molecule has 0 bridgehead atoms. The molecular formula is C11H19O2. The third-order valence-electron chi connectivity index (χ3n) is 2.81. The zero-order valence-electron chi connectivity index (χ0n) is 8.64. The molecular weight excluding hydrogens is 164 g/mol. The lowest BCUT2D eigenvalue weighted by Crippen LogP contribution is -2.23. The zero-order chi connectivity index (χ0) is 9.68. The fourth-order valence-electron chi connectivity index (χ4n) is 1.95. The molecule has 0 heterocycles. The molecule has 75 valence electrons. The van der Waals surface area contributed by atoms with Gasteiger partial charge in [-0.05, 0) is 32.6 Å². The molecule has 0 aliphatic heterocycles. The third kappa shape index (κ3) is 3.02. The summed E-state index contributed by atoms with van der Waals surface area (Å²) < 4.78 is 4.98. The number of carbonyl (C=O) groups excluding carboxylic acids is 1. The van der Waals surface area contributed by atoms with E-state index in [2.05, 4.69) is 0 Å². The molecule has 0 N–H and O–H groups in total. The Bertz CT molecular complexity index is 159. The quantitative estimate of drug-likeness (QED) is 0.629. The van der Waals surface area contributed by atoms with Crippen LogP contribution in [0.25, 0.3) is 0 Å². The van der Waals surface area contributed by atoms with Crippen LogP contribution in [0.15, 0.2) is 0 Å². The molecule has 0 aromatic rings. The van der Waals surface area contributed by atoms with Crippen molar-refractivity contribution in [1.82, 2.24) is 0 Å². The van der Waals surface area contributed by atoms with Gasteiger partial charge in [0.25, 0.3) is 0 Å². The van der Waals surface area contributed by atoms with Gasteiger partial charge in [0.1, 0.15) is 0 Å². The van der Waals surface area contributed by atoms with Gasteiger partial charge in [0.2, 0.25) is 0 Å². The lowest BCUT2D eigenvalue weighted by atomic mass is 9.81. The Labute approximate surface area is 80.7 Å². The summed E-state index contributed by atoms with van der Waals surface area (Å²) in [5.41, 5.74) is 0. The number of rotatable bonds is 3. The summed E-state index contributed by atoms with van der Waals surface area (Å²) in [5.74, 6) is 1.34. The van der Waals surface area contributed by atoms with Gasteiger partial charge in [-0.2, -0.15) is 0 Å². The van der Waals surface area contributed by atoms with Crippen LogP contribution >= 0.6 is 0 Å². The first-order valence-electron chi connectivity index (χ1n) is 5.26. The van der Waals surface area contributed by atoms with E-state index in [4.69, 9.17) is 4.74 Å². The summed E-state index contributed by atoms with van der Waals surface area (Å²) in [6, 6.07) is 0. The maximum atomic E-state index is 11.4. The molecule has 1 fully saturated rings. The smallest absolute Gasteiger partial charge is 0.313 e. The Hall–Kier alpha value is -0.530. The second-order valence-electron chi connectivity index (χ2n) is 3.74. The Balaban J connectivity index is 2.35. The topological polar surface area (TPSA) is 26.3 Å². The van der Waals surface area contributed by atoms with Crippen LogP contribution in [0.4, 0.5) is 0 Å². The molecule has 0 amide bonds. The van der Waals surface area contributed by atoms with E-state index in [1.165, 1.54) is 32.1 Å². The van der Waals surface area contributed by atoms with Crippen molar-refractivity contribution in [2.24, 2.45) is 5.92 Å². The molecule has 1 rings (SSSR count). The van der Waals surface area contributed by atoms with Crippen molar-refractivity contribution in [2.45, 2.75) is 46.0 Å². The molecule has 2 nitrogen and oxygen atoms in total. The number of hydrogen-bond donors (Lipinski definition) is 0. The van der Waals surface area contributed by atoms with Crippen molar-refractivity contribution in [3.8, 4) is 0 Å². The molecule has 0 aromatic carbocycles. The van der Waals surface area contributed by atoms with Crippen LogP contribution in [0.5, 0.6) is 0 Å². The molecule has 1 aliphatic rings. The predicted molar refractivity (Wildman–Crippen MR) is 52.1 cm³/mol. The van der Waals surface area contributed by atoms with Crippen LogP contribution in [-0.2, 0) is 9.53 Å². The SMILES string of the molecule is CCOC(=O)[C](C)C1CCCCC1. The molecule has 0 atom stereocenters. The van der Waals surface area contributed by atoms with E-state index in [1.807, 2.05) is 13.8 Å². The molecule has 13 heavy (non-hydrogen) atoms. The van der Waals surface area contributed by atoms with E-state index in [0.29, 0.717) is 12.5 Å². The molecule has 1 saturated carbocycles. The van der Waals surface area contributed by atoms with Gasteiger partial charge in [-0.1, -0.05) is 19.3 Å². The second kappa shape index (κ2) is 5.25. The fraction of sp³-hybridized carbons (Fsp3) is 0.818. The number of carbonyl (C=O) groups is 1. The molecule has 2 heteroatoms. The van der Waals surface area contributed by atoms with Crippen molar-refractivity contribution in [2.75, 3.05) is 6.61 Å². The maximum absolute atomic E-state index is 11.4. The van der Waals surface area contributed by atoms with Crippen molar-refractivity contribution >= 4 is 5.97 Å². The predicted octanol–water partition coefficient (Wildman–Crippen LogP) is 2.72. The van der Waals surface area contributed by atoms with E-state index in [9.17, 15) is 4.79 Å². The van der Waals surface area contributed by atoms with Gasteiger partial charge in [0, 0.05) is 0 Å². The van der Waals surface area contributed by atoms with Crippen LogP contribution in [-0.4, -0.2) is 12.6 Å². The largest absolute Gasteiger partial charge is 0.466 e. The van der Waals surface area contributed by atoms with E-state index in [-0.39, 0.29) is 5.97 Å². The molecule has 1 aliphatic carbocycles. The lowest BCUT2D eigenvalue weighted by molar-refractivity contribution is -0.141. The highest BCUT2D eigenvalue weighted by molar-refractivity contribution is 5.84. The summed E-state index contributed by atoms with van der Waals surface area (Å²) in [6.45, 7) is 4.27. The van der Waals surface area contributed by atoms with Gasteiger partial charge in [-0.15, -0.1) is 0 Å². The highest BCUT2D eigenvalue weighted by Gasteiger charge is 2.26. The van der Waals surface area contributed by atoms with Gasteiger partial charge in [-0.25, -0.2) is 0 Å². The summed E-state index contributed by atoms with van der Waals surface area (Å²) >= 11 is 0. The summed E-state index contributed by atoms with van der Waals surface area (Å²) in [6.07, 6.45) is 6.20. The van der Waals surface area contributed by atoms with Crippen molar-refractivity contribution in [3.05, 3.63) is 5.92 Å². The van der Waals surface area contributed by atoms with E-state index in [0.717, 1.165) is 5.92 Å². The Morgan fingerprint density at radius 2 is 1.92 bits per heavy atom. The Morgan fingerprint density at radius 1 is 1.31 bits per heavy atom. The maximum Gasteiger partial charge on any atom is 0.313 e. The highest BCUT2D eigenvalue weighted by Crippen LogP contribution is 2.31. The van der Waals surface area contributed by atoms with Crippen LogP contribution in [0.1, 0.15) is 46.0 Å².